The number of halogens is 2. The summed E-state index contributed by atoms with van der Waals surface area (Å²) >= 11 is 2.22. The highest BCUT2D eigenvalue weighted by molar-refractivity contribution is 14.1. The van der Waals surface area contributed by atoms with Crippen LogP contribution >= 0.6 is 22.6 Å². The van der Waals surface area contributed by atoms with Crippen LogP contribution in [0, 0.1) is 9.39 Å². The van der Waals surface area contributed by atoms with E-state index in [1.54, 1.807) is 12.1 Å². The number of furan rings is 1. The molecule has 1 heterocycles. The van der Waals surface area contributed by atoms with Crippen LogP contribution in [-0.4, -0.2) is 9.96 Å². The average Bonchev–Trinajstić information content (AvgIpc) is 2.85. The minimum Gasteiger partial charge on any atom is -0.455 e. The van der Waals surface area contributed by atoms with Crippen molar-refractivity contribution < 1.29 is 13.0 Å². The van der Waals surface area contributed by atoms with E-state index in [1.165, 1.54) is 12.1 Å². The standard InChI is InChI=1S/C16H12FIO2S/c1-2-21(19)16-13-9-12(18)7-8-14(13)20-15(16)10-3-5-11(17)6-4-10/h3-9H,2H2,1H3. The molecule has 0 aliphatic heterocycles. The molecule has 21 heavy (non-hydrogen) atoms. The molecule has 0 fully saturated rings. The van der Waals surface area contributed by atoms with Crippen LogP contribution in [0.3, 0.4) is 0 Å². The Morgan fingerprint density at radius 1 is 1.19 bits per heavy atom. The molecule has 108 valence electrons. The Balaban J connectivity index is 2.30. The molecule has 3 aromatic rings. The Morgan fingerprint density at radius 2 is 1.90 bits per heavy atom. The molecule has 5 heteroatoms. The second-order valence-electron chi connectivity index (χ2n) is 4.54. The lowest BCUT2D eigenvalue weighted by Gasteiger charge is -2.02. The molecule has 1 atom stereocenters. The molecule has 1 aromatic heterocycles. The third-order valence-corrected chi connectivity index (χ3v) is 5.26. The summed E-state index contributed by atoms with van der Waals surface area (Å²) in [5, 5.41) is 0.862. The number of hydrogen-bond acceptors (Lipinski definition) is 2. The maximum Gasteiger partial charge on any atom is 0.151 e. The molecular formula is C16H12FIO2S. The van der Waals surface area contributed by atoms with Crippen LogP contribution in [0.2, 0.25) is 0 Å². The molecule has 0 radical (unpaired) electrons. The highest BCUT2D eigenvalue weighted by atomic mass is 127. The fourth-order valence-electron chi connectivity index (χ4n) is 2.21. The predicted octanol–water partition coefficient (Wildman–Crippen LogP) is 4.97. The van der Waals surface area contributed by atoms with Crippen LogP contribution in [0.4, 0.5) is 4.39 Å². The predicted molar refractivity (Wildman–Crippen MR) is 91.3 cm³/mol. The van der Waals surface area contributed by atoms with Gasteiger partial charge in [-0.1, -0.05) is 6.92 Å². The van der Waals surface area contributed by atoms with Crippen molar-refractivity contribution in [1.82, 2.24) is 0 Å². The molecule has 3 rings (SSSR count). The van der Waals surface area contributed by atoms with Gasteiger partial charge in [-0.3, -0.25) is 4.21 Å². The zero-order chi connectivity index (χ0) is 15.0. The molecule has 0 saturated carbocycles. The Hall–Kier alpha value is -1.21. The van der Waals surface area contributed by atoms with Crippen molar-refractivity contribution in [2.75, 3.05) is 5.75 Å². The van der Waals surface area contributed by atoms with E-state index in [0.717, 1.165) is 14.5 Å². The quantitative estimate of drug-likeness (QED) is 0.567. The minimum absolute atomic E-state index is 0.303. The topological polar surface area (TPSA) is 30.2 Å². The van der Waals surface area contributed by atoms with E-state index in [1.807, 2.05) is 25.1 Å². The van der Waals surface area contributed by atoms with E-state index in [0.29, 0.717) is 22.0 Å². The third-order valence-electron chi connectivity index (χ3n) is 3.20. The van der Waals surface area contributed by atoms with Gasteiger partial charge in [-0.15, -0.1) is 0 Å². The lowest BCUT2D eigenvalue weighted by atomic mass is 10.1. The summed E-state index contributed by atoms with van der Waals surface area (Å²) in [6.45, 7) is 1.87. The maximum absolute atomic E-state index is 13.1. The zero-order valence-electron chi connectivity index (χ0n) is 11.2. The van der Waals surface area contributed by atoms with Gasteiger partial charge < -0.3 is 4.42 Å². The van der Waals surface area contributed by atoms with Gasteiger partial charge in [-0.25, -0.2) is 4.39 Å². The van der Waals surface area contributed by atoms with Gasteiger partial charge in [0.1, 0.15) is 11.4 Å². The zero-order valence-corrected chi connectivity index (χ0v) is 14.2. The molecule has 0 saturated heterocycles. The average molecular weight is 414 g/mol. The van der Waals surface area contributed by atoms with Crippen LogP contribution < -0.4 is 0 Å². The Kier molecular flexibility index (Phi) is 4.12. The second-order valence-corrected chi connectivity index (χ2v) is 7.46. The van der Waals surface area contributed by atoms with Crippen LogP contribution in [0.5, 0.6) is 0 Å². The smallest absolute Gasteiger partial charge is 0.151 e. The number of benzene rings is 2. The lowest BCUT2D eigenvalue weighted by Crippen LogP contribution is -1.95. The molecular weight excluding hydrogens is 402 g/mol. The van der Waals surface area contributed by atoms with E-state index in [4.69, 9.17) is 4.42 Å². The summed E-state index contributed by atoms with van der Waals surface area (Å²) in [6, 6.07) is 11.8. The highest BCUT2D eigenvalue weighted by Gasteiger charge is 2.20. The van der Waals surface area contributed by atoms with E-state index in [2.05, 4.69) is 22.6 Å². The molecule has 0 aliphatic carbocycles. The lowest BCUT2D eigenvalue weighted by molar-refractivity contribution is 0.618. The molecule has 0 spiro atoms. The molecule has 0 N–H and O–H groups in total. The van der Waals surface area contributed by atoms with E-state index in [9.17, 15) is 8.60 Å². The Bertz CT molecular complexity index is 824. The van der Waals surface area contributed by atoms with Gasteiger partial charge >= 0.3 is 0 Å². The van der Waals surface area contributed by atoms with Crippen LogP contribution in [0.1, 0.15) is 6.92 Å². The normalized spacial score (nSPS) is 12.7. The molecule has 0 amide bonds. The molecule has 1 unspecified atom stereocenters. The summed E-state index contributed by atoms with van der Waals surface area (Å²) in [6.07, 6.45) is 0. The summed E-state index contributed by atoms with van der Waals surface area (Å²) in [5.74, 6) is 0.767. The van der Waals surface area contributed by atoms with Crippen molar-refractivity contribution in [2.45, 2.75) is 11.8 Å². The van der Waals surface area contributed by atoms with Crippen LogP contribution in [0.15, 0.2) is 51.8 Å². The van der Waals surface area contributed by atoms with Crippen LogP contribution in [-0.2, 0) is 10.8 Å². The summed E-state index contributed by atoms with van der Waals surface area (Å²) in [5.41, 5.74) is 1.44. The molecule has 2 nitrogen and oxygen atoms in total. The van der Waals surface area contributed by atoms with Crippen molar-refractivity contribution in [1.29, 1.82) is 0 Å². The van der Waals surface area contributed by atoms with Crippen molar-refractivity contribution in [2.24, 2.45) is 0 Å². The Morgan fingerprint density at radius 3 is 2.57 bits per heavy atom. The Labute approximate surface area is 137 Å². The largest absolute Gasteiger partial charge is 0.455 e. The first kappa shape index (κ1) is 14.7. The van der Waals surface area contributed by atoms with E-state index in [-0.39, 0.29) is 5.82 Å². The van der Waals surface area contributed by atoms with Gasteiger partial charge in [0.15, 0.2) is 5.76 Å². The van der Waals surface area contributed by atoms with Gasteiger partial charge in [-0.05, 0) is 65.1 Å². The van der Waals surface area contributed by atoms with E-state index < -0.39 is 10.8 Å². The van der Waals surface area contributed by atoms with Crippen molar-refractivity contribution in [3.05, 3.63) is 51.9 Å². The SMILES string of the molecule is CCS(=O)c1c(-c2ccc(F)cc2)oc2ccc(I)cc12. The first-order valence-electron chi connectivity index (χ1n) is 6.46. The van der Waals surface area contributed by atoms with Gasteiger partial charge in [0, 0.05) is 20.3 Å². The van der Waals surface area contributed by atoms with Crippen LogP contribution in [0.25, 0.3) is 22.3 Å². The van der Waals surface area contributed by atoms with Gasteiger partial charge in [0.2, 0.25) is 0 Å². The van der Waals surface area contributed by atoms with Gasteiger partial charge in [0.25, 0.3) is 0 Å². The third kappa shape index (κ3) is 2.76. The first-order chi connectivity index (χ1) is 10.1. The second kappa shape index (κ2) is 5.88. The molecule has 0 aliphatic rings. The number of fused-ring (bicyclic) bond motifs is 1. The fraction of sp³-hybridized carbons (Fsp3) is 0.125. The maximum atomic E-state index is 13.1. The first-order valence-corrected chi connectivity index (χ1v) is 8.86. The van der Waals surface area contributed by atoms with Gasteiger partial charge in [-0.2, -0.15) is 0 Å². The molecule has 2 aromatic carbocycles. The van der Waals surface area contributed by atoms with Crippen molar-refractivity contribution in [3.63, 3.8) is 0 Å². The fourth-order valence-corrected chi connectivity index (χ4v) is 3.76. The highest BCUT2D eigenvalue weighted by Crippen LogP contribution is 2.36. The van der Waals surface area contributed by atoms with Crippen molar-refractivity contribution >= 4 is 44.4 Å². The monoisotopic (exact) mass is 414 g/mol. The number of hydrogen-bond donors (Lipinski definition) is 0. The van der Waals surface area contributed by atoms with Crippen molar-refractivity contribution in [3.8, 4) is 11.3 Å². The summed E-state index contributed by atoms with van der Waals surface area (Å²) in [4.78, 5) is 0.692. The summed E-state index contributed by atoms with van der Waals surface area (Å²) in [7, 11) is -1.15. The summed E-state index contributed by atoms with van der Waals surface area (Å²) < 4.78 is 32.5. The minimum atomic E-state index is -1.15. The van der Waals surface area contributed by atoms with Gasteiger partial charge in [0.05, 0.1) is 15.7 Å². The molecule has 0 bridgehead atoms. The number of rotatable bonds is 3. The van der Waals surface area contributed by atoms with E-state index >= 15 is 0 Å².